The molecule has 1 fully saturated rings. The summed E-state index contributed by atoms with van der Waals surface area (Å²) in [4.78, 5) is 4.61. The first-order chi connectivity index (χ1) is 11.6. The number of allylic oxidation sites excluding steroid dienone is 1. The summed E-state index contributed by atoms with van der Waals surface area (Å²) in [6.07, 6.45) is 1.83. The Morgan fingerprint density at radius 3 is 2.50 bits per heavy atom. The van der Waals surface area contributed by atoms with E-state index in [0.29, 0.717) is 13.2 Å². The van der Waals surface area contributed by atoms with Crippen LogP contribution < -0.4 is 4.90 Å². The smallest absolute Gasteiger partial charge is 0.199 e. The summed E-state index contributed by atoms with van der Waals surface area (Å²) in [5.41, 5.74) is 1.07. The maximum atomic E-state index is 13.0. The molecule has 0 saturated carbocycles. The van der Waals surface area contributed by atoms with E-state index in [2.05, 4.69) is 21.5 Å². The van der Waals surface area contributed by atoms with Crippen molar-refractivity contribution in [2.75, 3.05) is 31.1 Å². The maximum absolute atomic E-state index is 13.0. The van der Waals surface area contributed by atoms with Crippen LogP contribution in [0.4, 0.5) is 10.1 Å². The summed E-state index contributed by atoms with van der Waals surface area (Å²) in [6, 6.07) is 6.69. The summed E-state index contributed by atoms with van der Waals surface area (Å²) in [5.74, 6) is 0.710. The van der Waals surface area contributed by atoms with Crippen LogP contribution in [0.1, 0.15) is 5.82 Å². The molecule has 3 rings (SSSR count). The molecule has 0 aliphatic carbocycles. The zero-order valence-corrected chi connectivity index (χ0v) is 14.7. The van der Waals surface area contributed by atoms with Gasteiger partial charge in [-0.25, -0.2) is 9.07 Å². The molecule has 0 radical (unpaired) electrons. The number of aryl methyl sites for hydroxylation is 1. The van der Waals surface area contributed by atoms with E-state index < -0.39 is 0 Å². The fourth-order valence-corrected chi connectivity index (χ4v) is 3.27. The van der Waals surface area contributed by atoms with Gasteiger partial charge in [-0.1, -0.05) is 6.08 Å². The van der Waals surface area contributed by atoms with Crippen molar-refractivity contribution >= 4 is 17.9 Å². The molecule has 0 atom stereocenters. The van der Waals surface area contributed by atoms with Gasteiger partial charge in [0.15, 0.2) is 4.77 Å². The van der Waals surface area contributed by atoms with Gasteiger partial charge in [0.25, 0.3) is 0 Å². The summed E-state index contributed by atoms with van der Waals surface area (Å²) in [5, 5.41) is 4.54. The van der Waals surface area contributed by atoms with Crippen molar-refractivity contribution < 1.29 is 4.39 Å². The SMILES string of the molecule is C=CCn1c(C)nn(CN2CCN(c3ccc(F)cc3)CC2)c1=S. The lowest BCUT2D eigenvalue weighted by Gasteiger charge is -2.35. The van der Waals surface area contributed by atoms with Gasteiger partial charge in [-0.3, -0.25) is 4.90 Å². The van der Waals surface area contributed by atoms with Crippen molar-refractivity contribution in [3.05, 3.63) is 53.3 Å². The van der Waals surface area contributed by atoms with Gasteiger partial charge in [0, 0.05) is 38.4 Å². The summed E-state index contributed by atoms with van der Waals surface area (Å²) in [6.45, 7) is 10.8. The van der Waals surface area contributed by atoms with Gasteiger partial charge in [-0.05, 0) is 43.4 Å². The molecule has 0 amide bonds. The molecular formula is C17H22FN5S. The highest BCUT2D eigenvalue weighted by Gasteiger charge is 2.18. The Labute approximate surface area is 146 Å². The van der Waals surface area contributed by atoms with E-state index in [9.17, 15) is 4.39 Å². The van der Waals surface area contributed by atoms with Crippen molar-refractivity contribution in [3.63, 3.8) is 0 Å². The predicted octanol–water partition coefficient (Wildman–Crippen LogP) is 2.83. The van der Waals surface area contributed by atoms with Crippen LogP contribution >= 0.6 is 12.2 Å². The molecule has 1 aliphatic rings. The Morgan fingerprint density at radius 1 is 1.21 bits per heavy atom. The molecule has 2 aromatic rings. The van der Waals surface area contributed by atoms with Crippen LogP contribution in [0.15, 0.2) is 36.9 Å². The molecule has 0 spiro atoms. The number of hydrogen-bond donors (Lipinski definition) is 0. The minimum atomic E-state index is -0.197. The van der Waals surface area contributed by atoms with Crippen molar-refractivity contribution in [1.29, 1.82) is 0 Å². The van der Waals surface area contributed by atoms with Gasteiger partial charge in [0.1, 0.15) is 11.6 Å². The molecular weight excluding hydrogens is 325 g/mol. The monoisotopic (exact) mass is 347 g/mol. The Bertz CT molecular complexity index is 756. The lowest BCUT2D eigenvalue weighted by Crippen LogP contribution is -2.47. The minimum absolute atomic E-state index is 0.197. The van der Waals surface area contributed by atoms with Crippen molar-refractivity contribution in [2.24, 2.45) is 0 Å². The third-order valence-corrected chi connectivity index (χ3v) is 4.75. The Morgan fingerprint density at radius 2 is 1.88 bits per heavy atom. The molecule has 5 nitrogen and oxygen atoms in total. The van der Waals surface area contributed by atoms with E-state index in [1.807, 2.05) is 34.4 Å². The van der Waals surface area contributed by atoms with Crippen LogP contribution in [0.25, 0.3) is 0 Å². The van der Waals surface area contributed by atoms with Gasteiger partial charge >= 0.3 is 0 Å². The molecule has 128 valence electrons. The highest BCUT2D eigenvalue weighted by atomic mass is 32.1. The zero-order valence-electron chi connectivity index (χ0n) is 13.9. The van der Waals surface area contributed by atoms with Crippen LogP contribution in [-0.2, 0) is 13.2 Å². The molecule has 1 saturated heterocycles. The molecule has 2 heterocycles. The summed E-state index contributed by atoms with van der Waals surface area (Å²) >= 11 is 5.50. The first kappa shape index (κ1) is 16.9. The van der Waals surface area contributed by atoms with E-state index in [-0.39, 0.29) is 5.82 Å². The summed E-state index contributed by atoms with van der Waals surface area (Å²) in [7, 11) is 0. The van der Waals surface area contributed by atoms with Gasteiger partial charge in [-0.15, -0.1) is 6.58 Å². The van der Waals surface area contributed by atoms with Crippen LogP contribution in [0.2, 0.25) is 0 Å². The Kier molecular flexibility index (Phi) is 5.11. The van der Waals surface area contributed by atoms with Gasteiger partial charge < -0.3 is 9.47 Å². The second-order valence-electron chi connectivity index (χ2n) is 5.95. The highest BCUT2D eigenvalue weighted by Crippen LogP contribution is 2.17. The van der Waals surface area contributed by atoms with E-state index >= 15 is 0 Å². The molecule has 0 N–H and O–H groups in total. The average molecular weight is 347 g/mol. The molecule has 1 aliphatic heterocycles. The maximum Gasteiger partial charge on any atom is 0.199 e. The Hall–Kier alpha value is -1.99. The third-order valence-electron chi connectivity index (χ3n) is 4.32. The normalized spacial score (nSPS) is 15.7. The number of piperazine rings is 1. The molecule has 24 heavy (non-hydrogen) atoms. The lowest BCUT2D eigenvalue weighted by molar-refractivity contribution is 0.194. The van der Waals surface area contributed by atoms with E-state index in [1.165, 1.54) is 12.1 Å². The molecule has 0 unspecified atom stereocenters. The highest BCUT2D eigenvalue weighted by molar-refractivity contribution is 7.71. The number of aromatic nitrogens is 3. The standard InChI is InChI=1S/C17H22FN5S/c1-3-8-22-14(2)19-23(17(22)24)13-20-9-11-21(12-10-20)16-6-4-15(18)5-7-16/h3-7H,1,8-13H2,2H3. The molecule has 7 heteroatoms. The second-order valence-corrected chi connectivity index (χ2v) is 6.32. The van der Waals surface area contributed by atoms with Crippen LogP contribution in [0.3, 0.4) is 0 Å². The first-order valence-electron chi connectivity index (χ1n) is 8.06. The topological polar surface area (TPSA) is 29.2 Å². The quantitative estimate of drug-likeness (QED) is 0.614. The number of halogens is 1. The number of nitrogens with zero attached hydrogens (tertiary/aromatic N) is 5. The fourth-order valence-electron chi connectivity index (χ4n) is 2.97. The van der Waals surface area contributed by atoms with E-state index in [1.54, 1.807) is 0 Å². The molecule has 0 bridgehead atoms. The second kappa shape index (κ2) is 7.27. The van der Waals surface area contributed by atoms with Crippen LogP contribution in [-0.4, -0.2) is 45.4 Å². The van der Waals surface area contributed by atoms with Gasteiger partial charge in [0.2, 0.25) is 0 Å². The van der Waals surface area contributed by atoms with E-state index in [4.69, 9.17) is 12.2 Å². The zero-order chi connectivity index (χ0) is 17.1. The molecule has 1 aromatic carbocycles. The lowest BCUT2D eigenvalue weighted by atomic mass is 10.2. The van der Waals surface area contributed by atoms with Crippen molar-refractivity contribution in [3.8, 4) is 0 Å². The van der Waals surface area contributed by atoms with Crippen molar-refractivity contribution in [1.82, 2.24) is 19.2 Å². The number of anilines is 1. The molecule has 1 aromatic heterocycles. The average Bonchev–Trinajstić information content (AvgIpc) is 2.84. The number of benzene rings is 1. The third kappa shape index (κ3) is 3.57. The van der Waals surface area contributed by atoms with Crippen LogP contribution in [0.5, 0.6) is 0 Å². The first-order valence-corrected chi connectivity index (χ1v) is 8.47. The van der Waals surface area contributed by atoms with Gasteiger partial charge in [-0.2, -0.15) is 5.10 Å². The number of rotatable bonds is 5. The minimum Gasteiger partial charge on any atom is -0.369 e. The largest absolute Gasteiger partial charge is 0.369 e. The van der Waals surface area contributed by atoms with Crippen LogP contribution in [0, 0.1) is 17.5 Å². The Balaban J connectivity index is 1.61. The fraction of sp³-hybridized carbons (Fsp3) is 0.412. The number of hydrogen-bond acceptors (Lipinski definition) is 4. The van der Waals surface area contributed by atoms with E-state index in [0.717, 1.165) is 42.5 Å². The van der Waals surface area contributed by atoms with Gasteiger partial charge in [0.05, 0.1) is 6.67 Å². The summed E-state index contributed by atoms with van der Waals surface area (Å²) < 4.78 is 17.6. The predicted molar refractivity (Wildman–Crippen MR) is 96.2 cm³/mol. The van der Waals surface area contributed by atoms with Crippen molar-refractivity contribution in [2.45, 2.75) is 20.1 Å².